The number of ether oxygens (including phenoxy) is 1. The number of hydrogen-bond donors (Lipinski definition) is 4. The van der Waals surface area contributed by atoms with Crippen LogP contribution in [0.2, 0.25) is 0 Å². The van der Waals surface area contributed by atoms with Crippen molar-refractivity contribution in [3.8, 4) is 11.1 Å². The maximum absolute atomic E-state index is 14.0. The molecule has 0 aliphatic heterocycles. The summed E-state index contributed by atoms with van der Waals surface area (Å²) in [6.07, 6.45) is -1.57. The highest BCUT2D eigenvalue weighted by atomic mass is 19.3. The fourth-order valence-corrected chi connectivity index (χ4v) is 3.56. The second kappa shape index (κ2) is 9.73. The van der Waals surface area contributed by atoms with E-state index in [4.69, 9.17) is 14.9 Å². The number of benzene rings is 2. The smallest absolute Gasteiger partial charge is 0.407 e. The van der Waals surface area contributed by atoms with Gasteiger partial charge < -0.3 is 25.6 Å². The molecule has 0 heterocycles. The summed E-state index contributed by atoms with van der Waals surface area (Å²) in [5.74, 6) is -7.77. The van der Waals surface area contributed by atoms with Crippen molar-refractivity contribution in [3.63, 3.8) is 0 Å². The van der Waals surface area contributed by atoms with Gasteiger partial charge in [-0.3, -0.25) is 4.79 Å². The fraction of sp³-hybridized carbons (Fsp3) is 0.318. The van der Waals surface area contributed by atoms with Crippen LogP contribution in [0, 0.1) is 0 Å². The summed E-state index contributed by atoms with van der Waals surface area (Å²) < 4.78 is 33.2. The first-order valence-corrected chi connectivity index (χ1v) is 9.86. The van der Waals surface area contributed by atoms with Crippen LogP contribution in [-0.4, -0.2) is 59.9 Å². The van der Waals surface area contributed by atoms with E-state index in [-0.39, 0.29) is 12.5 Å². The van der Waals surface area contributed by atoms with Crippen molar-refractivity contribution < 1.29 is 38.1 Å². The third-order valence-electron chi connectivity index (χ3n) is 5.15. The van der Waals surface area contributed by atoms with Gasteiger partial charge in [-0.1, -0.05) is 48.5 Å². The Bertz CT molecular complexity index is 968. The lowest BCUT2D eigenvalue weighted by atomic mass is 9.98. The van der Waals surface area contributed by atoms with Gasteiger partial charge in [-0.05, 0) is 22.3 Å². The quantitative estimate of drug-likeness (QED) is 0.466. The third kappa shape index (κ3) is 5.02. The summed E-state index contributed by atoms with van der Waals surface area (Å²) in [5, 5.41) is 21.1. The molecule has 10 heteroatoms. The Morgan fingerprint density at radius 2 is 1.59 bits per heavy atom. The Hall–Kier alpha value is -3.53. The maximum atomic E-state index is 14.0. The van der Waals surface area contributed by atoms with Crippen LogP contribution >= 0.6 is 0 Å². The zero-order valence-electron chi connectivity index (χ0n) is 16.9. The molecule has 2 aromatic carbocycles. The number of fused-ring (bicyclic) bond motifs is 3. The molecule has 170 valence electrons. The van der Waals surface area contributed by atoms with E-state index < -0.39 is 49.5 Å². The number of carbonyl (C=O) groups is 3. The Morgan fingerprint density at radius 1 is 1.03 bits per heavy atom. The monoisotopic (exact) mass is 448 g/mol. The van der Waals surface area contributed by atoms with Crippen LogP contribution in [0.3, 0.4) is 0 Å². The van der Waals surface area contributed by atoms with Gasteiger partial charge in [0.2, 0.25) is 0 Å². The van der Waals surface area contributed by atoms with Crippen LogP contribution in [0.4, 0.5) is 13.6 Å². The molecule has 8 nitrogen and oxygen atoms in total. The minimum atomic E-state index is -4.07. The van der Waals surface area contributed by atoms with Crippen molar-refractivity contribution in [1.29, 1.82) is 0 Å². The zero-order chi connectivity index (χ0) is 23.3. The molecule has 0 aromatic heterocycles. The molecule has 4 N–H and O–H groups in total. The molecule has 1 unspecified atom stereocenters. The van der Waals surface area contributed by atoms with E-state index in [1.54, 1.807) is 5.32 Å². The molecule has 1 atom stereocenters. The number of carboxylic acid groups (broad SMARTS) is 1. The minimum absolute atomic E-state index is 0.0881. The van der Waals surface area contributed by atoms with E-state index in [2.05, 4.69) is 0 Å². The number of aliphatic hydroxyl groups is 1. The van der Waals surface area contributed by atoms with Crippen molar-refractivity contribution in [2.75, 3.05) is 19.8 Å². The topological polar surface area (TPSA) is 125 Å². The van der Waals surface area contributed by atoms with E-state index in [0.29, 0.717) is 0 Å². The van der Waals surface area contributed by atoms with Gasteiger partial charge in [0.1, 0.15) is 12.6 Å². The molecular formula is C22H22F2N2O6. The largest absolute Gasteiger partial charge is 0.480 e. The molecule has 2 aromatic rings. The average Bonchev–Trinajstić information content (AvgIpc) is 3.09. The lowest BCUT2D eigenvalue weighted by Gasteiger charge is -2.20. The number of nitrogens with one attached hydrogen (secondary N) is 2. The first kappa shape index (κ1) is 23.1. The lowest BCUT2D eigenvalue weighted by molar-refractivity contribution is -0.150. The molecule has 0 saturated carbocycles. The first-order valence-electron chi connectivity index (χ1n) is 9.86. The summed E-state index contributed by atoms with van der Waals surface area (Å²) in [4.78, 5) is 34.7. The summed E-state index contributed by atoms with van der Waals surface area (Å²) in [7, 11) is 0. The van der Waals surface area contributed by atoms with E-state index in [1.807, 2.05) is 53.8 Å². The van der Waals surface area contributed by atoms with Gasteiger partial charge in [0.25, 0.3) is 5.91 Å². The number of aliphatic hydroxyl groups excluding tert-OH is 1. The Kier molecular flexibility index (Phi) is 7.04. The molecule has 0 fully saturated rings. The van der Waals surface area contributed by atoms with Crippen LogP contribution in [0.25, 0.3) is 11.1 Å². The zero-order valence-corrected chi connectivity index (χ0v) is 16.9. The standard InChI is InChI=1S/C22H22F2N2O6/c23-22(24,20(30)26-18(9-10-27)19(28)29)12-25-21(31)32-11-17-15-7-3-1-5-13(15)14-6-2-4-8-16(14)17/h1-8,17-18,27H,9-12H2,(H,25,31)(H,26,30)(H,28,29). The van der Waals surface area contributed by atoms with Gasteiger partial charge in [0, 0.05) is 18.9 Å². The van der Waals surface area contributed by atoms with Crippen molar-refractivity contribution in [3.05, 3.63) is 59.7 Å². The van der Waals surface area contributed by atoms with Crippen LogP contribution in [-0.2, 0) is 14.3 Å². The molecule has 3 rings (SSSR count). The van der Waals surface area contributed by atoms with Gasteiger partial charge in [-0.2, -0.15) is 8.78 Å². The molecule has 0 radical (unpaired) electrons. The van der Waals surface area contributed by atoms with E-state index >= 15 is 0 Å². The summed E-state index contributed by atoms with van der Waals surface area (Å²) in [6.45, 7) is -2.07. The van der Waals surface area contributed by atoms with Crippen LogP contribution in [0.15, 0.2) is 48.5 Å². The van der Waals surface area contributed by atoms with Gasteiger partial charge >= 0.3 is 18.0 Å². The number of carboxylic acids is 1. The fourth-order valence-electron chi connectivity index (χ4n) is 3.56. The minimum Gasteiger partial charge on any atom is -0.480 e. The molecule has 0 saturated heterocycles. The molecule has 1 aliphatic rings. The van der Waals surface area contributed by atoms with Gasteiger partial charge in [-0.15, -0.1) is 0 Å². The number of rotatable bonds is 9. The Morgan fingerprint density at radius 3 is 2.12 bits per heavy atom. The Labute approximate surface area is 182 Å². The normalized spacial score (nSPS) is 13.6. The van der Waals surface area contributed by atoms with Gasteiger partial charge in [0.05, 0.1) is 6.54 Å². The maximum Gasteiger partial charge on any atom is 0.407 e. The van der Waals surface area contributed by atoms with Crippen LogP contribution < -0.4 is 10.6 Å². The number of halogens is 2. The second-order valence-electron chi connectivity index (χ2n) is 7.26. The van der Waals surface area contributed by atoms with Gasteiger partial charge in [-0.25, -0.2) is 9.59 Å². The average molecular weight is 448 g/mol. The third-order valence-corrected chi connectivity index (χ3v) is 5.15. The van der Waals surface area contributed by atoms with E-state index in [9.17, 15) is 23.2 Å². The number of alkyl halides is 2. The molecule has 0 bridgehead atoms. The highest BCUT2D eigenvalue weighted by Gasteiger charge is 2.41. The molecule has 32 heavy (non-hydrogen) atoms. The van der Waals surface area contributed by atoms with E-state index in [1.165, 1.54) is 0 Å². The summed E-state index contributed by atoms with van der Waals surface area (Å²) in [5.41, 5.74) is 3.93. The first-order chi connectivity index (χ1) is 15.2. The van der Waals surface area contributed by atoms with Crippen molar-refractivity contribution in [1.82, 2.24) is 10.6 Å². The van der Waals surface area contributed by atoms with Crippen molar-refractivity contribution in [2.45, 2.75) is 24.3 Å². The number of carbonyl (C=O) groups excluding carboxylic acids is 2. The SMILES string of the molecule is O=C(NCC(F)(F)C(=O)NC(CCO)C(=O)O)OCC1c2ccccc2-c2ccccc21. The highest BCUT2D eigenvalue weighted by molar-refractivity contribution is 5.88. The number of aliphatic carboxylic acids is 1. The highest BCUT2D eigenvalue weighted by Crippen LogP contribution is 2.44. The molecular weight excluding hydrogens is 426 g/mol. The molecule has 2 amide bonds. The number of alkyl carbamates (subject to hydrolysis) is 1. The Balaban J connectivity index is 1.56. The van der Waals surface area contributed by atoms with Gasteiger partial charge in [0.15, 0.2) is 0 Å². The second-order valence-corrected chi connectivity index (χ2v) is 7.26. The van der Waals surface area contributed by atoms with Crippen LogP contribution in [0.1, 0.15) is 23.5 Å². The predicted octanol–water partition coefficient (Wildman–Crippen LogP) is 2.11. The van der Waals surface area contributed by atoms with Crippen molar-refractivity contribution in [2.24, 2.45) is 0 Å². The number of hydrogen-bond acceptors (Lipinski definition) is 5. The lowest BCUT2D eigenvalue weighted by Crippen LogP contribution is -2.53. The molecule has 1 aliphatic carbocycles. The summed E-state index contributed by atoms with van der Waals surface area (Å²) >= 11 is 0. The number of amides is 2. The molecule has 0 spiro atoms. The van der Waals surface area contributed by atoms with Crippen molar-refractivity contribution >= 4 is 18.0 Å². The van der Waals surface area contributed by atoms with E-state index in [0.717, 1.165) is 22.3 Å². The predicted molar refractivity (Wildman–Crippen MR) is 109 cm³/mol. The van der Waals surface area contributed by atoms with Crippen LogP contribution in [0.5, 0.6) is 0 Å². The summed E-state index contributed by atoms with van der Waals surface area (Å²) in [6, 6.07) is 13.6.